The molecule has 47 heavy (non-hydrogen) atoms. The van der Waals surface area contributed by atoms with E-state index in [1.54, 1.807) is 17.6 Å². The van der Waals surface area contributed by atoms with Crippen molar-refractivity contribution in [2.24, 2.45) is 11.3 Å². The molecule has 1 unspecified atom stereocenters. The normalized spacial score (nSPS) is 16.5. The summed E-state index contributed by atoms with van der Waals surface area (Å²) in [7, 11) is 0. The predicted octanol–water partition coefficient (Wildman–Crippen LogP) is 12.4. The van der Waals surface area contributed by atoms with Gasteiger partial charge in [-0.25, -0.2) is 0 Å². The van der Waals surface area contributed by atoms with E-state index in [-0.39, 0.29) is 16.2 Å². The summed E-state index contributed by atoms with van der Waals surface area (Å²) < 4.78 is 3.73. The molecule has 0 heterocycles. The Hall–Kier alpha value is -2.89. The van der Waals surface area contributed by atoms with Gasteiger partial charge < -0.3 is 0 Å². The molecular formula is C46H54Zr. The zero-order valence-electron chi connectivity index (χ0n) is 30.9. The van der Waals surface area contributed by atoms with Crippen LogP contribution in [0.2, 0.25) is 0 Å². The van der Waals surface area contributed by atoms with Gasteiger partial charge in [0.25, 0.3) is 0 Å². The molecule has 4 aromatic carbocycles. The molecule has 0 fully saturated rings. The van der Waals surface area contributed by atoms with Crippen molar-refractivity contribution in [2.75, 3.05) is 0 Å². The third kappa shape index (κ3) is 6.60. The Morgan fingerprint density at radius 2 is 0.979 bits per heavy atom. The van der Waals surface area contributed by atoms with Crippen LogP contribution in [0, 0.1) is 25.2 Å². The predicted molar refractivity (Wildman–Crippen MR) is 201 cm³/mol. The topological polar surface area (TPSA) is 0 Å². The van der Waals surface area contributed by atoms with Crippen LogP contribution in [-0.2, 0) is 32.1 Å². The summed E-state index contributed by atoms with van der Waals surface area (Å²) in [6.07, 6.45) is 5.26. The van der Waals surface area contributed by atoms with E-state index in [2.05, 4.69) is 180 Å². The van der Waals surface area contributed by atoms with Crippen molar-refractivity contribution in [1.82, 2.24) is 0 Å². The van der Waals surface area contributed by atoms with Gasteiger partial charge in [-0.1, -0.05) is 0 Å². The summed E-state index contributed by atoms with van der Waals surface area (Å²) in [5.41, 5.74) is 16.1. The van der Waals surface area contributed by atoms with Crippen LogP contribution in [0.5, 0.6) is 0 Å². The minimum atomic E-state index is -2.90. The summed E-state index contributed by atoms with van der Waals surface area (Å²) in [4.78, 5) is 0. The Balaban J connectivity index is 1.79. The third-order valence-electron chi connectivity index (χ3n) is 10.4. The van der Waals surface area contributed by atoms with E-state index in [1.165, 1.54) is 50.1 Å². The first-order chi connectivity index (χ1) is 21.9. The standard InChI is InChI=1S/C21H25.C15H14.C10H15.Zr/c1-20(2,3)16-7-9-18-14(12-16)11-15-13-17(21(4,5)6)8-10-19(15)18;1-12-3-7-14(8-4-12)11-15-9-5-13(2)6-10-15;1-8-5-6-9(7-8)10(2,3)4;/h7-13H,1-6H3;3-10H,1-2H3;6-8H,1-4H3;. The van der Waals surface area contributed by atoms with Gasteiger partial charge in [0, 0.05) is 0 Å². The maximum absolute atomic E-state index is 2.90. The van der Waals surface area contributed by atoms with Crippen LogP contribution in [0.4, 0.5) is 0 Å². The maximum atomic E-state index is 2.67. The molecule has 0 aromatic heterocycles. The van der Waals surface area contributed by atoms with E-state index in [9.17, 15) is 0 Å². The average Bonchev–Trinajstić information content (AvgIpc) is 3.54. The third-order valence-corrected chi connectivity index (χ3v) is 19.1. The molecule has 0 saturated carbocycles. The fraction of sp³-hybridized carbons (Fsp3) is 0.370. The Kier molecular flexibility index (Phi) is 8.84. The number of aryl methyl sites for hydroxylation is 2. The van der Waals surface area contributed by atoms with Crippen LogP contribution in [-0.4, -0.2) is 3.21 Å². The van der Waals surface area contributed by atoms with E-state index in [4.69, 9.17) is 0 Å². The summed E-state index contributed by atoms with van der Waals surface area (Å²) in [5, 5.41) is 0. The van der Waals surface area contributed by atoms with Crippen molar-refractivity contribution in [2.45, 2.75) is 97.5 Å². The summed E-state index contributed by atoms with van der Waals surface area (Å²) in [6, 6.07) is 33.9. The van der Waals surface area contributed by atoms with Crippen LogP contribution in [0.1, 0.15) is 117 Å². The van der Waals surface area contributed by atoms with Gasteiger partial charge in [-0.15, -0.1) is 0 Å². The number of hydrogen-bond acceptors (Lipinski definition) is 0. The van der Waals surface area contributed by atoms with Gasteiger partial charge in [-0.2, -0.15) is 0 Å². The molecule has 0 saturated heterocycles. The molecule has 0 bridgehead atoms. The minimum absolute atomic E-state index is 0.0792. The number of benzene rings is 4. The molecule has 242 valence electrons. The molecule has 6 rings (SSSR count). The summed E-state index contributed by atoms with van der Waals surface area (Å²) >= 11 is -2.90. The van der Waals surface area contributed by atoms with Gasteiger partial charge in [-0.05, 0) is 0 Å². The molecule has 0 nitrogen and oxygen atoms in total. The van der Waals surface area contributed by atoms with Crippen LogP contribution >= 0.6 is 0 Å². The first-order valence-corrected chi connectivity index (χ1v) is 21.4. The van der Waals surface area contributed by atoms with Crippen molar-refractivity contribution < 1.29 is 21.3 Å². The van der Waals surface area contributed by atoms with Gasteiger partial charge in [0.2, 0.25) is 0 Å². The molecule has 1 atom stereocenters. The summed E-state index contributed by atoms with van der Waals surface area (Å²) in [5.74, 6) is 0.425. The fourth-order valence-electron chi connectivity index (χ4n) is 7.37. The van der Waals surface area contributed by atoms with E-state index in [0.29, 0.717) is 9.54 Å². The number of rotatable bonds is 4. The molecule has 0 N–H and O–H groups in total. The average molecular weight is 698 g/mol. The second kappa shape index (κ2) is 12.2. The Morgan fingerprint density at radius 3 is 1.34 bits per heavy atom. The number of fused-ring (bicyclic) bond motifs is 3. The number of allylic oxidation sites excluding steroid dienone is 4. The van der Waals surface area contributed by atoms with E-state index in [0.717, 1.165) is 0 Å². The van der Waals surface area contributed by atoms with E-state index in [1.807, 2.05) is 0 Å². The molecule has 0 amide bonds. The van der Waals surface area contributed by atoms with Gasteiger partial charge in [0.05, 0.1) is 0 Å². The second-order valence-corrected chi connectivity index (χ2v) is 23.4. The zero-order valence-corrected chi connectivity index (χ0v) is 33.4. The molecule has 4 aromatic rings. The Labute approximate surface area is 293 Å². The van der Waals surface area contributed by atoms with Gasteiger partial charge in [0.15, 0.2) is 0 Å². The zero-order chi connectivity index (χ0) is 34.1. The molecule has 2 aliphatic carbocycles. The van der Waals surface area contributed by atoms with Crippen LogP contribution in [0.15, 0.2) is 106 Å². The number of hydrogen-bond donors (Lipinski definition) is 0. The first-order valence-electron chi connectivity index (χ1n) is 17.6. The van der Waals surface area contributed by atoms with Gasteiger partial charge in [-0.3, -0.25) is 0 Å². The van der Waals surface area contributed by atoms with Crippen molar-refractivity contribution in [3.05, 3.63) is 150 Å². The molecule has 0 aliphatic heterocycles. The Morgan fingerprint density at radius 1 is 0.553 bits per heavy atom. The van der Waals surface area contributed by atoms with Crippen molar-refractivity contribution in [3.8, 4) is 11.1 Å². The van der Waals surface area contributed by atoms with Crippen molar-refractivity contribution in [1.29, 1.82) is 0 Å². The monoisotopic (exact) mass is 696 g/mol. The molecule has 1 heteroatoms. The molecule has 0 spiro atoms. The van der Waals surface area contributed by atoms with Crippen molar-refractivity contribution >= 4 is 3.21 Å². The molecule has 0 radical (unpaired) electrons. The summed E-state index contributed by atoms with van der Waals surface area (Å²) in [6.45, 7) is 28.2. The van der Waals surface area contributed by atoms with Crippen LogP contribution in [0.25, 0.3) is 11.1 Å². The van der Waals surface area contributed by atoms with Crippen molar-refractivity contribution in [3.63, 3.8) is 0 Å². The van der Waals surface area contributed by atoms with E-state index >= 15 is 0 Å². The first kappa shape index (κ1) is 34.0. The van der Waals surface area contributed by atoms with Gasteiger partial charge >= 0.3 is 295 Å². The SMILES string of the molecule is Cc1ccc([C](c2ccc(C)cc2)=[Zr]([C]2=CC(C(C)(C)C)=CC2C)[CH]2c3cc(C(C)(C)C)ccc3-c3ccc(C(C)(C)C)cc32)cc1. The Bertz CT molecular complexity index is 1810. The molecule has 2 aliphatic rings. The molecular weight excluding hydrogens is 644 g/mol. The quantitative estimate of drug-likeness (QED) is 0.199. The fourth-order valence-corrected chi connectivity index (χ4v) is 16.8. The van der Waals surface area contributed by atoms with Crippen LogP contribution < -0.4 is 0 Å². The second-order valence-electron chi connectivity index (χ2n) is 17.3. The van der Waals surface area contributed by atoms with Crippen LogP contribution in [0.3, 0.4) is 0 Å². The van der Waals surface area contributed by atoms with E-state index < -0.39 is 21.3 Å². The van der Waals surface area contributed by atoms with Gasteiger partial charge in [0.1, 0.15) is 0 Å².